The predicted molar refractivity (Wildman–Crippen MR) is 92.5 cm³/mol. The molecule has 1 aliphatic heterocycles. The first-order valence-corrected chi connectivity index (χ1v) is 9.21. The van der Waals surface area contributed by atoms with E-state index in [1.165, 1.54) is 6.08 Å². The number of carboxylic acids is 1. The summed E-state index contributed by atoms with van der Waals surface area (Å²) in [4.78, 5) is 23.1. The van der Waals surface area contributed by atoms with Crippen LogP contribution in [0.4, 0.5) is 0 Å². The molecule has 25 heavy (non-hydrogen) atoms. The highest BCUT2D eigenvalue weighted by Crippen LogP contribution is 2.62. The maximum absolute atomic E-state index is 11.8. The Kier molecular flexibility index (Phi) is 4.56. The molecule has 0 spiro atoms. The summed E-state index contributed by atoms with van der Waals surface area (Å²) in [7, 11) is 0. The minimum absolute atomic E-state index is 0.0336. The lowest BCUT2D eigenvalue weighted by Gasteiger charge is -2.57. The van der Waals surface area contributed by atoms with Crippen molar-refractivity contribution in [2.45, 2.75) is 65.6 Å². The zero-order chi connectivity index (χ0) is 18.4. The molecular weight excluding hydrogens is 320 g/mol. The molecule has 138 valence electrons. The number of esters is 1. The fraction of sp³-hybridized carbons (Fsp3) is 0.700. The van der Waals surface area contributed by atoms with Gasteiger partial charge in [-0.25, -0.2) is 9.59 Å². The van der Waals surface area contributed by atoms with E-state index in [0.717, 1.165) is 32.1 Å². The molecule has 0 saturated heterocycles. The van der Waals surface area contributed by atoms with Gasteiger partial charge < -0.3 is 14.9 Å². The SMILES string of the molecule is C[C@@H]1CC[C@]2(C)C(C(=O)O)=CCC[C@@H]2[C@@]1(C)CCC1=CC(=O)OC1O. The molecule has 2 aliphatic carbocycles. The summed E-state index contributed by atoms with van der Waals surface area (Å²) in [6, 6.07) is 0. The largest absolute Gasteiger partial charge is 0.478 e. The smallest absolute Gasteiger partial charge is 0.333 e. The number of fused-ring (bicyclic) bond motifs is 1. The van der Waals surface area contributed by atoms with E-state index in [1.54, 1.807) is 0 Å². The number of aliphatic hydroxyl groups is 1. The van der Waals surface area contributed by atoms with Gasteiger partial charge in [-0.1, -0.05) is 26.8 Å². The van der Waals surface area contributed by atoms with Crippen LogP contribution in [0.3, 0.4) is 0 Å². The summed E-state index contributed by atoms with van der Waals surface area (Å²) < 4.78 is 4.79. The van der Waals surface area contributed by atoms with Crippen molar-refractivity contribution in [2.24, 2.45) is 22.7 Å². The molecule has 1 saturated carbocycles. The van der Waals surface area contributed by atoms with Gasteiger partial charge in [0, 0.05) is 22.6 Å². The van der Waals surface area contributed by atoms with Gasteiger partial charge in [0.1, 0.15) is 0 Å². The summed E-state index contributed by atoms with van der Waals surface area (Å²) in [5.41, 5.74) is 0.866. The second-order valence-corrected chi connectivity index (χ2v) is 8.42. The van der Waals surface area contributed by atoms with Crippen LogP contribution in [0, 0.1) is 22.7 Å². The van der Waals surface area contributed by atoms with Crippen LogP contribution in [0.25, 0.3) is 0 Å². The third kappa shape index (κ3) is 2.92. The van der Waals surface area contributed by atoms with Crippen molar-refractivity contribution in [2.75, 3.05) is 0 Å². The molecule has 5 nitrogen and oxygen atoms in total. The molecular formula is C20H28O5. The Balaban J connectivity index is 1.86. The number of carboxylic acid groups (broad SMARTS) is 1. The van der Waals surface area contributed by atoms with Gasteiger partial charge in [-0.2, -0.15) is 0 Å². The van der Waals surface area contributed by atoms with E-state index in [1.807, 2.05) is 6.08 Å². The normalized spacial score (nSPS) is 40.8. The van der Waals surface area contributed by atoms with Crippen LogP contribution in [0.5, 0.6) is 0 Å². The van der Waals surface area contributed by atoms with Gasteiger partial charge in [-0.3, -0.25) is 0 Å². The van der Waals surface area contributed by atoms with Crippen LogP contribution < -0.4 is 0 Å². The van der Waals surface area contributed by atoms with Crippen molar-refractivity contribution in [3.63, 3.8) is 0 Å². The zero-order valence-corrected chi connectivity index (χ0v) is 15.2. The number of carbonyl (C=O) groups excluding carboxylic acids is 1. The molecule has 0 aromatic carbocycles. The molecule has 3 rings (SSSR count). The Bertz CT molecular complexity index is 648. The van der Waals surface area contributed by atoms with Crippen molar-refractivity contribution in [1.82, 2.24) is 0 Å². The highest BCUT2D eigenvalue weighted by atomic mass is 16.6. The number of allylic oxidation sites excluding steroid dienone is 1. The number of carbonyl (C=O) groups is 2. The van der Waals surface area contributed by atoms with Crippen LogP contribution in [0.1, 0.15) is 59.3 Å². The van der Waals surface area contributed by atoms with Crippen molar-refractivity contribution in [3.05, 3.63) is 23.3 Å². The fourth-order valence-corrected chi connectivity index (χ4v) is 5.49. The molecule has 0 bridgehead atoms. The number of ether oxygens (including phenoxy) is 1. The molecule has 3 aliphatic rings. The van der Waals surface area contributed by atoms with Gasteiger partial charge in [0.2, 0.25) is 6.29 Å². The second-order valence-electron chi connectivity index (χ2n) is 8.42. The van der Waals surface area contributed by atoms with Crippen molar-refractivity contribution in [1.29, 1.82) is 0 Å². The van der Waals surface area contributed by atoms with E-state index in [0.29, 0.717) is 23.5 Å². The lowest BCUT2D eigenvalue weighted by Crippen LogP contribution is -2.51. The van der Waals surface area contributed by atoms with E-state index in [-0.39, 0.29) is 16.7 Å². The second kappa shape index (κ2) is 6.27. The number of aliphatic hydroxyl groups excluding tert-OH is 1. The van der Waals surface area contributed by atoms with E-state index in [4.69, 9.17) is 4.74 Å². The lowest BCUT2D eigenvalue weighted by atomic mass is 9.46. The minimum atomic E-state index is -1.12. The molecule has 1 heterocycles. The van der Waals surface area contributed by atoms with E-state index in [9.17, 15) is 19.8 Å². The summed E-state index contributed by atoms with van der Waals surface area (Å²) >= 11 is 0. The van der Waals surface area contributed by atoms with E-state index in [2.05, 4.69) is 20.8 Å². The number of rotatable bonds is 4. The molecule has 1 fully saturated rings. The maximum atomic E-state index is 11.8. The van der Waals surface area contributed by atoms with E-state index < -0.39 is 18.2 Å². The first-order chi connectivity index (χ1) is 11.7. The third-order valence-electron chi connectivity index (χ3n) is 7.24. The monoisotopic (exact) mass is 348 g/mol. The molecule has 1 unspecified atom stereocenters. The summed E-state index contributed by atoms with van der Waals surface area (Å²) in [6.45, 7) is 6.62. The maximum Gasteiger partial charge on any atom is 0.333 e. The standard InChI is InChI=1S/C20H28O5/c1-12-7-9-20(3)14(17(22)23)5-4-6-15(20)19(12,2)10-8-13-11-16(21)25-18(13)24/h5,11-12,15,18,24H,4,6-10H2,1-3H3,(H,22,23)/t12-,15-,18?,19+,20-/m1/s1. The Hall–Kier alpha value is -1.62. The molecule has 2 N–H and O–H groups in total. The number of cyclic esters (lactones) is 1. The Morgan fingerprint density at radius 1 is 1.36 bits per heavy atom. The highest BCUT2D eigenvalue weighted by molar-refractivity contribution is 5.88. The predicted octanol–water partition coefficient (Wildman–Crippen LogP) is 3.43. The van der Waals surface area contributed by atoms with Crippen molar-refractivity contribution < 1.29 is 24.5 Å². The minimum Gasteiger partial charge on any atom is -0.478 e. The van der Waals surface area contributed by atoms with Crippen molar-refractivity contribution >= 4 is 11.9 Å². The third-order valence-corrected chi connectivity index (χ3v) is 7.24. The average molecular weight is 348 g/mol. The first kappa shape index (κ1) is 18.2. The van der Waals surface area contributed by atoms with Crippen LogP contribution in [0.15, 0.2) is 23.3 Å². The molecule has 5 atom stereocenters. The summed E-state index contributed by atoms with van der Waals surface area (Å²) in [5, 5.41) is 19.5. The van der Waals surface area contributed by atoms with Crippen molar-refractivity contribution in [3.8, 4) is 0 Å². The van der Waals surface area contributed by atoms with Gasteiger partial charge in [-0.05, 0) is 55.8 Å². The number of aliphatic carboxylic acids is 1. The van der Waals surface area contributed by atoms with Gasteiger partial charge in [-0.15, -0.1) is 0 Å². The molecule has 0 aromatic rings. The molecule has 0 aromatic heterocycles. The van der Waals surface area contributed by atoms with Crippen LogP contribution >= 0.6 is 0 Å². The van der Waals surface area contributed by atoms with Crippen LogP contribution in [0.2, 0.25) is 0 Å². The average Bonchev–Trinajstić information content (AvgIpc) is 2.87. The Morgan fingerprint density at radius 3 is 2.68 bits per heavy atom. The van der Waals surface area contributed by atoms with Gasteiger partial charge in [0.05, 0.1) is 0 Å². The summed E-state index contributed by atoms with van der Waals surface area (Å²) in [6.07, 6.45) is 7.29. The van der Waals surface area contributed by atoms with Gasteiger partial charge in [0.15, 0.2) is 0 Å². The van der Waals surface area contributed by atoms with Crippen LogP contribution in [-0.2, 0) is 14.3 Å². The van der Waals surface area contributed by atoms with E-state index >= 15 is 0 Å². The quantitative estimate of drug-likeness (QED) is 0.761. The molecule has 0 radical (unpaired) electrons. The first-order valence-electron chi connectivity index (χ1n) is 9.21. The molecule has 0 amide bonds. The lowest BCUT2D eigenvalue weighted by molar-refractivity contribution is -0.151. The molecule has 5 heteroatoms. The summed E-state index contributed by atoms with van der Waals surface area (Å²) in [5.74, 6) is -0.523. The van der Waals surface area contributed by atoms with Crippen LogP contribution in [-0.4, -0.2) is 28.4 Å². The Labute approximate surface area is 148 Å². The zero-order valence-electron chi connectivity index (χ0n) is 15.2. The van der Waals surface area contributed by atoms with Gasteiger partial charge >= 0.3 is 11.9 Å². The number of hydrogen-bond donors (Lipinski definition) is 2. The fourth-order valence-electron chi connectivity index (χ4n) is 5.49. The highest BCUT2D eigenvalue weighted by Gasteiger charge is 2.55. The Morgan fingerprint density at radius 2 is 2.08 bits per heavy atom. The van der Waals surface area contributed by atoms with Gasteiger partial charge in [0.25, 0.3) is 0 Å². The number of hydrogen-bond acceptors (Lipinski definition) is 4. The topological polar surface area (TPSA) is 83.8 Å².